The van der Waals surface area contributed by atoms with E-state index in [1.54, 1.807) is 18.2 Å². The number of fused-ring (bicyclic) bond motifs is 1. The quantitative estimate of drug-likeness (QED) is 0.685. The van der Waals surface area contributed by atoms with E-state index >= 15 is 0 Å². The van der Waals surface area contributed by atoms with Crippen LogP contribution >= 0.6 is 0 Å². The van der Waals surface area contributed by atoms with Gasteiger partial charge < -0.3 is 5.73 Å². The van der Waals surface area contributed by atoms with Crippen molar-refractivity contribution in [3.63, 3.8) is 0 Å². The number of rotatable bonds is 1. The largest absolute Gasteiger partial charge is 0.382 e. The average Bonchev–Trinajstić information content (AvgIpc) is 2.16. The molecular formula is C10H9N3O. The SMILES string of the molecule is CC(=O)c1ccc2nc(N)cnc2c1. The maximum absolute atomic E-state index is 11.1. The van der Waals surface area contributed by atoms with Gasteiger partial charge in [0.25, 0.3) is 0 Å². The summed E-state index contributed by atoms with van der Waals surface area (Å²) in [5, 5.41) is 0. The van der Waals surface area contributed by atoms with Crippen LogP contribution in [0.4, 0.5) is 5.82 Å². The highest BCUT2D eigenvalue weighted by Crippen LogP contribution is 2.13. The van der Waals surface area contributed by atoms with Crippen LogP contribution in [0.3, 0.4) is 0 Å². The molecule has 0 bridgehead atoms. The molecule has 1 aromatic heterocycles. The second-order valence-corrected chi connectivity index (χ2v) is 3.05. The monoisotopic (exact) mass is 187 g/mol. The fourth-order valence-corrected chi connectivity index (χ4v) is 1.24. The fourth-order valence-electron chi connectivity index (χ4n) is 1.24. The van der Waals surface area contributed by atoms with E-state index in [4.69, 9.17) is 5.73 Å². The van der Waals surface area contributed by atoms with Gasteiger partial charge in [-0.25, -0.2) is 4.98 Å². The smallest absolute Gasteiger partial charge is 0.159 e. The van der Waals surface area contributed by atoms with E-state index in [2.05, 4.69) is 9.97 Å². The fraction of sp³-hybridized carbons (Fsp3) is 0.100. The topological polar surface area (TPSA) is 68.9 Å². The van der Waals surface area contributed by atoms with Crippen LogP contribution in [0, 0.1) is 0 Å². The maximum Gasteiger partial charge on any atom is 0.159 e. The molecule has 2 N–H and O–H groups in total. The number of nitrogens with two attached hydrogens (primary N) is 1. The molecule has 0 aliphatic rings. The van der Waals surface area contributed by atoms with Gasteiger partial charge in [0.05, 0.1) is 17.2 Å². The predicted octanol–water partition coefficient (Wildman–Crippen LogP) is 1.41. The molecular weight excluding hydrogens is 178 g/mol. The summed E-state index contributed by atoms with van der Waals surface area (Å²) in [7, 11) is 0. The van der Waals surface area contributed by atoms with Crippen molar-refractivity contribution in [1.29, 1.82) is 0 Å². The van der Waals surface area contributed by atoms with Crippen LogP contribution < -0.4 is 5.73 Å². The summed E-state index contributed by atoms with van der Waals surface area (Å²) in [6.45, 7) is 1.52. The Hall–Kier alpha value is -1.97. The highest BCUT2D eigenvalue weighted by atomic mass is 16.1. The standard InChI is InChI=1S/C10H9N3O/c1-6(14)7-2-3-8-9(4-7)12-5-10(11)13-8/h2-5H,1H3,(H2,11,13). The van der Waals surface area contributed by atoms with Crippen molar-refractivity contribution in [2.75, 3.05) is 5.73 Å². The second-order valence-electron chi connectivity index (χ2n) is 3.05. The van der Waals surface area contributed by atoms with E-state index in [-0.39, 0.29) is 5.78 Å². The van der Waals surface area contributed by atoms with Crippen molar-refractivity contribution in [2.45, 2.75) is 6.92 Å². The maximum atomic E-state index is 11.1. The van der Waals surface area contributed by atoms with Crippen molar-refractivity contribution >= 4 is 22.6 Å². The van der Waals surface area contributed by atoms with Crippen molar-refractivity contribution in [1.82, 2.24) is 9.97 Å². The number of anilines is 1. The summed E-state index contributed by atoms with van der Waals surface area (Å²) in [6, 6.07) is 5.18. The summed E-state index contributed by atoms with van der Waals surface area (Å²) in [5.74, 6) is 0.401. The Labute approximate surface area is 80.8 Å². The number of benzene rings is 1. The van der Waals surface area contributed by atoms with E-state index in [0.29, 0.717) is 22.4 Å². The number of nitrogens with zero attached hydrogens (tertiary/aromatic N) is 2. The first-order valence-electron chi connectivity index (χ1n) is 4.20. The van der Waals surface area contributed by atoms with Crippen molar-refractivity contribution in [2.24, 2.45) is 0 Å². The van der Waals surface area contributed by atoms with E-state index in [1.165, 1.54) is 13.1 Å². The van der Waals surface area contributed by atoms with Crippen LogP contribution in [0.1, 0.15) is 17.3 Å². The lowest BCUT2D eigenvalue weighted by molar-refractivity contribution is 0.101. The summed E-state index contributed by atoms with van der Waals surface area (Å²) < 4.78 is 0. The summed E-state index contributed by atoms with van der Waals surface area (Å²) in [5.41, 5.74) is 7.51. The van der Waals surface area contributed by atoms with Crippen LogP contribution in [0.15, 0.2) is 24.4 Å². The van der Waals surface area contributed by atoms with Gasteiger partial charge >= 0.3 is 0 Å². The Morgan fingerprint density at radius 1 is 1.36 bits per heavy atom. The molecule has 0 spiro atoms. The number of carbonyl (C=O) groups is 1. The zero-order valence-electron chi connectivity index (χ0n) is 7.69. The summed E-state index contributed by atoms with van der Waals surface area (Å²) in [6.07, 6.45) is 1.48. The van der Waals surface area contributed by atoms with Crippen LogP contribution in [-0.2, 0) is 0 Å². The molecule has 0 aliphatic heterocycles. The molecule has 0 unspecified atom stereocenters. The van der Waals surface area contributed by atoms with Gasteiger partial charge in [0.1, 0.15) is 5.82 Å². The van der Waals surface area contributed by atoms with Crippen LogP contribution in [0.5, 0.6) is 0 Å². The minimum absolute atomic E-state index is 0.0190. The number of hydrogen-bond acceptors (Lipinski definition) is 4. The highest BCUT2D eigenvalue weighted by molar-refractivity contribution is 5.97. The van der Waals surface area contributed by atoms with Crippen LogP contribution in [-0.4, -0.2) is 15.8 Å². The Morgan fingerprint density at radius 3 is 2.86 bits per heavy atom. The number of aromatic nitrogens is 2. The first-order chi connectivity index (χ1) is 6.66. The van der Waals surface area contributed by atoms with Gasteiger partial charge in [-0.15, -0.1) is 0 Å². The zero-order valence-corrected chi connectivity index (χ0v) is 7.69. The van der Waals surface area contributed by atoms with E-state index < -0.39 is 0 Å². The van der Waals surface area contributed by atoms with E-state index in [1.807, 2.05) is 0 Å². The third-order valence-electron chi connectivity index (χ3n) is 1.97. The highest BCUT2D eigenvalue weighted by Gasteiger charge is 2.02. The van der Waals surface area contributed by atoms with Gasteiger partial charge in [-0.05, 0) is 25.1 Å². The molecule has 4 heteroatoms. The molecule has 0 radical (unpaired) electrons. The average molecular weight is 187 g/mol. The third-order valence-corrected chi connectivity index (χ3v) is 1.97. The molecule has 2 aromatic rings. The number of carbonyl (C=O) groups excluding carboxylic acids is 1. The minimum Gasteiger partial charge on any atom is -0.382 e. The van der Waals surface area contributed by atoms with Crippen LogP contribution in [0.25, 0.3) is 11.0 Å². The molecule has 0 atom stereocenters. The van der Waals surface area contributed by atoms with Gasteiger partial charge in [0.2, 0.25) is 0 Å². The van der Waals surface area contributed by atoms with Crippen molar-refractivity contribution < 1.29 is 4.79 Å². The van der Waals surface area contributed by atoms with Crippen LogP contribution in [0.2, 0.25) is 0 Å². The predicted molar refractivity (Wildman–Crippen MR) is 54.0 cm³/mol. The zero-order chi connectivity index (χ0) is 10.1. The normalized spacial score (nSPS) is 10.4. The van der Waals surface area contributed by atoms with Crippen molar-refractivity contribution in [3.8, 4) is 0 Å². The van der Waals surface area contributed by atoms with E-state index in [0.717, 1.165) is 0 Å². The molecule has 70 valence electrons. The lowest BCUT2D eigenvalue weighted by Gasteiger charge is -1.99. The Morgan fingerprint density at radius 2 is 2.14 bits per heavy atom. The third kappa shape index (κ3) is 1.42. The van der Waals surface area contributed by atoms with Gasteiger partial charge in [0, 0.05) is 5.56 Å². The molecule has 0 aliphatic carbocycles. The summed E-state index contributed by atoms with van der Waals surface area (Å²) in [4.78, 5) is 19.2. The Bertz CT molecular complexity index is 508. The van der Waals surface area contributed by atoms with Crippen molar-refractivity contribution in [3.05, 3.63) is 30.0 Å². The lowest BCUT2D eigenvalue weighted by atomic mass is 10.1. The first kappa shape index (κ1) is 8.62. The number of ketones is 1. The minimum atomic E-state index is 0.0190. The number of nitrogen functional groups attached to an aromatic ring is 1. The summed E-state index contributed by atoms with van der Waals surface area (Å²) >= 11 is 0. The molecule has 0 amide bonds. The van der Waals surface area contributed by atoms with Gasteiger partial charge in [-0.2, -0.15) is 0 Å². The number of Topliss-reactive ketones (excluding diaryl/α,β-unsaturated/α-hetero) is 1. The van der Waals surface area contributed by atoms with Gasteiger partial charge in [0.15, 0.2) is 5.78 Å². The van der Waals surface area contributed by atoms with Gasteiger partial charge in [-0.1, -0.05) is 0 Å². The molecule has 2 rings (SSSR count). The second kappa shape index (κ2) is 3.06. The molecule has 4 nitrogen and oxygen atoms in total. The number of hydrogen-bond donors (Lipinski definition) is 1. The van der Waals surface area contributed by atoms with E-state index in [9.17, 15) is 4.79 Å². The molecule has 0 saturated heterocycles. The van der Waals surface area contributed by atoms with Gasteiger partial charge in [-0.3, -0.25) is 9.78 Å². The lowest BCUT2D eigenvalue weighted by Crippen LogP contribution is -1.95. The molecule has 0 saturated carbocycles. The Kier molecular flexibility index (Phi) is 1.89. The molecule has 1 heterocycles. The molecule has 14 heavy (non-hydrogen) atoms. The Balaban J connectivity index is 2.67. The molecule has 1 aromatic carbocycles. The molecule has 0 fully saturated rings. The first-order valence-corrected chi connectivity index (χ1v) is 4.20.